The van der Waals surface area contributed by atoms with Crippen molar-refractivity contribution in [2.45, 2.75) is 23.9 Å². The Morgan fingerprint density at radius 3 is 2.60 bits per heavy atom. The molecule has 5 nitrogen and oxygen atoms in total. The largest absolute Gasteiger partial charge is 0.414 e. The second kappa shape index (κ2) is 7.94. The molecule has 1 N–H and O–H groups in total. The molecule has 25 heavy (non-hydrogen) atoms. The molecule has 7 heteroatoms. The first-order valence-electron chi connectivity index (χ1n) is 7.69. The first-order valence-corrected chi connectivity index (χ1v) is 8.57. The minimum atomic E-state index is -0.386. The molecule has 128 valence electrons. The number of benzene rings is 2. The summed E-state index contributed by atoms with van der Waals surface area (Å²) in [7, 11) is 0. The van der Waals surface area contributed by atoms with Gasteiger partial charge in [0, 0.05) is 10.8 Å². The van der Waals surface area contributed by atoms with Gasteiger partial charge in [0.1, 0.15) is 5.82 Å². The van der Waals surface area contributed by atoms with E-state index in [4.69, 9.17) is 4.42 Å². The maximum absolute atomic E-state index is 12.9. The van der Waals surface area contributed by atoms with Gasteiger partial charge in [-0.15, -0.1) is 10.2 Å². The molecule has 0 saturated carbocycles. The molecule has 0 bridgehead atoms. The van der Waals surface area contributed by atoms with Gasteiger partial charge in [-0.3, -0.25) is 4.79 Å². The fourth-order valence-corrected chi connectivity index (χ4v) is 2.99. The second-order valence-electron chi connectivity index (χ2n) is 5.32. The number of aromatic nitrogens is 2. The van der Waals surface area contributed by atoms with E-state index in [9.17, 15) is 9.18 Å². The van der Waals surface area contributed by atoms with Gasteiger partial charge in [-0.05, 0) is 36.8 Å². The monoisotopic (exact) mass is 357 g/mol. The average molecular weight is 357 g/mol. The summed E-state index contributed by atoms with van der Waals surface area (Å²) in [4.78, 5) is 12.0. The van der Waals surface area contributed by atoms with E-state index in [0.717, 1.165) is 5.56 Å². The van der Waals surface area contributed by atoms with Gasteiger partial charge >= 0.3 is 0 Å². The van der Waals surface area contributed by atoms with Gasteiger partial charge in [-0.2, -0.15) is 0 Å². The summed E-state index contributed by atoms with van der Waals surface area (Å²) in [5, 5.41) is 11.2. The number of amides is 1. The molecule has 0 radical (unpaired) electrons. The van der Waals surface area contributed by atoms with Crippen LogP contribution in [0.4, 0.5) is 4.39 Å². The Morgan fingerprint density at radius 1 is 1.16 bits per heavy atom. The Morgan fingerprint density at radius 2 is 1.88 bits per heavy atom. The van der Waals surface area contributed by atoms with E-state index < -0.39 is 0 Å². The average Bonchev–Trinajstić information content (AvgIpc) is 3.08. The van der Waals surface area contributed by atoms with Gasteiger partial charge in [0.2, 0.25) is 5.89 Å². The number of hydrogen-bond donors (Lipinski definition) is 1. The number of carbonyl (C=O) groups is 1. The smallest absolute Gasteiger partial charge is 0.277 e. The van der Waals surface area contributed by atoms with Crippen LogP contribution in [-0.4, -0.2) is 16.1 Å². The Bertz CT molecular complexity index is 837. The molecule has 0 saturated heterocycles. The topological polar surface area (TPSA) is 68.0 Å². The lowest BCUT2D eigenvalue weighted by Crippen LogP contribution is -2.22. The number of rotatable bonds is 6. The van der Waals surface area contributed by atoms with E-state index in [-0.39, 0.29) is 23.5 Å². The standard InChI is InChI=1S/C18H16FN3O2S/c1-12(13-5-3-2-4-6-13)25-18-22-21-16(24-18)11-20-17(23)14-7-9-15(19)10-8-14/h2-10,12H,11H2,1H3,(H,20,23)/t12-/m0/s1. The molecule has 1 amide bonds. The van der Waals surface area contributed by atoms with E-state index in [1.807, 2.05) is 30.3 Å². The molecule has 0 aliphatic carbocycles. The molecule has 0 aliphatic rings. The molecule has 1 atom stereocenters. The Labute approximate surface area is 148 Å². The predicted octanol–water partition coefficient (Wildman–Crippen LogP) is 3.99. The van der Waals surface area contributed by atoms with Gasteiger partial charge < -0.3 is 9.73 Å². The van der Waals surface area contributed by atoms with Crippen LogP contribution in [0.1, 0.15) is 34.0 Å². The highest BCUT2D eigenvalue weighted by Gasteiger charge is 2.14. The zero-order valence-electron chi connectivity index (χ0n) is 13.5. The zero-order chi connectivity index (χ0) is 17.6. The zero-order valence-corrected chi connectivity index (χ0v) is 14.3. The third kappa shape index (κ3) is 4.67. The van der Waals surface area contributed by atoms with Crippen LogP contribution in [0.25, 0.3) is 0 Å². The summed E-state index contributed by atoms with van der Waals surface area (Å²) >= 11 is 1.46. The SMILES string of the molecule is C[C@H](Sc1nnc(CNC(=O)c2ccc(F)cc2)o1)c1ccccc1. The lowest BCUT2D eigenvalue weighted by Gasteiger charge is -2.07. The maximum Gasteiger partial charge on any atom is 0.277 e. The van der Waals surface area contributed by atoms with Crippen molar-refractivity contribution in [2.24, 2.45) is 0 Å². The van der Waals surface area contributed by atoms with E-state index in [2.05, 4.69) is 22.4 Å². The van der Waals surface area contributed by atoms with Crippen LogP contribution in [0.15, 0.2) is 64.2 Å². The van der Waals surface area contributed by atoms with Crippen molar-refractivity contribution in [3.8, 4) is 0 Å². The Hall–Kier alpha value is -2.67. The van der Waals surface area contributed by atoms with Crippen LogP contribution >= 0.6 is 11.8 Å². The van der Waals surface area contributed by atoms with Gasteiger partial charge in [0.15, 0.2) is 0 Å². The van der Waals surface area contributed by atoms with E-state index >= 15 is 0 Å². The van der Waals surface area contributed by atoms with Gasteiger partial charge in [-0.25, -0.2) is 4.39 Å². The molecule has 3 aromatic rings. The van der Waals surface area contributed by atoms with Crippen molar-refractivity contribution >= 4 is 17.7 Å². The fraction of sp³-hybridized carbons (Fsp3) is 0.167. The highest BCUT2D eigenvalue weighted by atomic mass is 32.2. The molecule has 2 aromatic carbocycles. The summed E-state index contributed by atoms with van der Waals surface area (Å²) in [6.45, 7) is 2.17. The Balaban J connectivity index is 1.55. The Kier molecular flexibility index (Phi) is 5.45. The first-order chi connectivity index (χ1) is 12.1. The third-order valence-corrected chi connectivity index (χ3v) is 4.49. The van der Waals surface area contributed by atoms with Crippen molar-refractivity contribution in [1.29, 1.82) is 0 Å². The molecule has 0 unspecified atom stereocenters. The number of thioether (sulfide) groups is 1. The summed E-state index contributed by atoms with van der Waals surface area (Å²) < 4.78 is 18.4. The van der Waals surface area contributed by atoms with Gasteiger partial charge in [0.05, 0.1) is 6.54 Å². The molecular weight excluding hydrogens is 341 g/mol. The lowest BCUT2D eigenvalue weighted by molar-refractivity contribution is 0.0946. The minimum Gasteiger partial charge on any atom is -0.414 e. The van der Waals surface area contributed by atoms with Crippen molar-refractivity contribution < 1.29 is 13.6 Å². The van der Waals surface area contributed by atoms with Crippen LogP contribution in [0, 0.1) is 5.82 Å². The number of hydrogen-bond acceptors (Lipinski definition) is 5. The summed E-state index contributed by atoms with van der Waals surface area (Å²) in [5.74, 6) is -0.397. The van der Waals surface area contributed by atoms with Gasteiger partial charge in [0.25, 0.3) is 11.1 Å². The van der Waals surface area contributed by atoms with Crippen molar-refractivity contribution in [2.75, 3.05) is 0 Å². The highest BCUT2D eigenvalue weighted by molar-refractivity contribution is 7.99. The quantitative estimate of drug-likeness (QED) is 0.676. The highest BCUT2D eigenvalue weighted by Crippen LogP contribution is 2.33. The van der Waals surface area contributed by atoms with E-state index in [0.29, 0.717) is 16.7 Å². The molecule has 1 aromatic heterocycles. The van der Waals surface area contributed by atoms with Gasteiger partial charge in [-0.1, -0.05) is 42.1 Å². The molecule has 1 heterocycles. The summed E-state index contributed by atoms with van der Waals surface area (Å²) in [6.07, 6.45) is 0. The molecular formula is C18H16FN3O2S. The summed E-state index contributed by atoms with van der Waals surface area (Å²) in [6, 6.07) is 15.3. The van der Waals surface area contributed by atoms with Crippen LogP contribution in [0.5, 0.6) is 0 Å². The molecule has 0 fully saturated rings. The van der Waals surface area contributed by atoms with Crippen molar-refractivity contribution in [3.63, 3.8) is 0 Å². The predicted molar refractivity (Wildman–Crippen MR) is 92.6 cm³/mol. The number of nitrogens with one attached hydrogen (secondary N) is 1. The maximum atomic E-state index is 12.9. The molecule has 3 rings (SSSR count). The normalized spacial score (nSPS) is 11.9. The van der Waals surface area contributed by atoms with E-state index in [1.165, 1.54) is 36.0 Å². The van der Waals surface area contributed by atoms with Crippen LogP contribution < -0.4 is 5.32 Å². The minimum absolute atomic E-state index is 0.115. The first kappa shape index (κ1) is 17.2. The molecule has 0 spiro atoms. The summed E-state index contributed by atoms with van der Waals surface area (Å²) in [5.41, 5.74) is 1.53. The van der Waals surface area contributed by atoms with Crippen molar-refractivity contribution in [3.05, 3.63) is 77.4 Å². The lowest BCUT2D eigenvalue weighted by atomic mass is 10.2. The van der Waals surface area contributed by atoms with Crippen LogP contribution in [-0.2, 0) is 6.54 Å². The third-order valence-electron chi connectivity index (χ3n) is 3.50. The number of nitrogens with zero attached hydrogens (tertiary/aromatic N) is 2. The van der Waals surface area contributed by atoms with Crippen molar-refractivity contribution in [1.82, 2.24) is 15.5 Å². The fourth-order valence-electron chi connectivity index (χ4n) is 2.16. The number of halogens is 1. The second-order valence-corrected chi connectivity index (χ2v) is 6.61. The van der Waals surface area contributed by atoms with Crippen LogP contribution in [0.3, 0.4) is 0 Å². The molecule has 0 aliphatic heterocycles. The van der Waals surface area contributed by atoms with E-state index in [1.54, 1.807) is 0 Å². The number of carbonyl (C=O) groups excluding carboxylic acids is 1. The van der Waals surface area contributed by atoms with Crippen LogP contribution in [0.2, 0.25) is 0 Å².